The molecule has 0 radical (unpaired) electrons. The predicted octanol–water partition coefficient (Wildman–Crippen LogP) is 2.29. The van der Waals surface area contributed by atoms with Gasteiger partial charge < -0.3 is 15.8 Å². The van der Waals surface area contributed by atoms with Gasteiger partial charge in [-0.15, -0.1) is 0 Å². The van der Waals surface area contributed by atoms with E-state index in [4.69, 9.17) is 10.5 Å². The lowest BCUT2D eigenvalue weighted by Gasteiger charge is -2.22. The average molecular weight is 420 g/mol. The maximum Gasteiger partial charge on any atom is 0.249 e. The molecule has 2 rings (SSSR count). The number of nitrogens with one attached hydrogen (secondary N) is 1. The van der Waals surface area contributed by atoms with Gasteiger partial charge in [0.05, 0.1) is 19.1 Å². The standard InChI is InChI=1S/C20H25N3O5S/c1-14-17(20(21)25)9-5-10-18(14)22-19(24)11-6-12-23(29(3,26)27)15-7-4-8-16(13-15)28-2/h4-5,7-10,13H,6,11-12H2,1-3H3,(H2,21,25)(H,22,24). The van der Waals surface area contributed by atoms with Crippen LogP contribution in [0.2, 0.25) is 0 Å². The highest BCUT2D eigenvalue weighted by atomic mass is 32.2. The number of methoxy groups -OCH3 is 1. The fourth-order valence-corrected chi connectivity index (χ4v) is 3.84. The number of hydrogen-bond acceptors (Lipinski definition) is 5. The van der Waals surface area contributed by atoms with E-state index in [9.17, 15) is 18.0 Å². The second-order valence-corrected chi connectivity index (χ2v) is 8.44. The first kappa shape index (κ1) is 22.2. The third kappa shape index (κ3) is 5.95. The largest absolute Gasteiger partial charge is 0.497 e. The predicted molar refractivity (Wildman–Crippen MR) is 113 cm³/mol. The highest BCUT2D eigenvalue weighted by Gasteiger charge is 2.18. The number of nitrogens with zero attached hydrogens (tertiary/aromatic N) is 1. The summed E-state index contributed by atoms with van der Waals surface area (Å²) in [6.07, 6.45) is 1.53. The minimum Gasteiger partial charge on any atom is -0.497 e. The van der Waals surface area contributed by atoms with Crippen molar-refractivity contribution in [3.05, 3.63) is 53.6 Å². The van der Waals surface area contributed by atoms with Gasteiger partial charge in [0, 0.05) is 30.3 Å². The Labute approximate surface area is 170 Å². The van der Waals surface area contributed by atoms with Crippen LogP contribution in [0, 0.1) is 6.92 Å². The van der Waals surface area contributed by atoms with Gasteiger partial charge in [0.25, 0.3) is 0 Å². The van der Waals surface area contributed by atoms with E-state index in [0.717, 1.165) is 6.26 Å². The van der Waals surface area contributed by atoms with Gasteiger partial charge in [-0.1, -0.05) is 12.1 Å². The van der Waals surface area contributed by atoms with Gasteiger partial charge in [0.1, 0.15) is 5.75 Å². The van der Waals surface area contributed by atoms with Gasteiger partial charge in [0.15, 0.2) is 0 Å². The van der Waals surface area contributed by atoms with Crippen molar-refractivity contribution >= 4 is 33.2 Å². The molecule has 0 aromatic heterocycles. The molecule has 0 saturated carbocycles. The van der Waals surface area contributed by atoms with Crippen molar-refractivity contribution in [2.24, 2.45) is 5.73 Å². The molecule has 0 aliphatic rings. The van der Waals surface area contributed by atoms with Crippen molar-refractivity contribution in [1.82, 2.24) is 0 Å². The summed E-state index contributed by atoms with van der Waals surface area (Å²) in [7, 11) is -2.02. The summed E-state index contributed by atoms with van der Waals surface area (Å²) in [6, 6.07) is 11.6. The van der Waals surface area contributed by atoms with E-state index in [-0.39, 0.29) is 18.9 Å². The number of amides is 2. The molecule has 0 heterocycles. The summed E-state index contributed by atoms with van der Waals surface area (Å²) in [6.45, 7) is 1.84. The van der Waals surface area contributed by atoms with Crippen molar-refractivity contribution < 1.29 is 22.7 Å². The van der Waals surface area contributed by atoms with E-state index in [0.29, 0.717) is 34.7 Å². The van der Waals surface area contributed by atoms with E-state index in [1.807, 2.05) is 0 Å². The van der Waals surface area contributed by atoms with Crippen molar-refractivity contribution in [2.75, 3.05) is 29.5 Å². The van der Waals surface area contributed by atoms with Crippen LogP contribution in [0.5, 0.6) is 5.75 Å². The number of benzene rings is 2. The van der Waals surface area contributed by atoms with E-state index >= 15 is 0 Å². The van der Waals surface area contributed by atoms with E-state index in [1.54, 1.807) is 49.4 Å². The molecule has 0 saturated heterocycles. The molecule has 2 amide bonds. The Balaban J connectivity index is 2.04. The molecule has 156 valence electrons. The first-order valence-electron chi connectivity index (χ1n) is 8.94. The van der Waals surface area contributed by atoms with Gasteiger partial charge in [-0.05, 0) is 43.2 Å². The molecule has 2 aromatic carbocycles. The van der Waals surface area contributed by atoms with Gasteiger partial charge in [-0.25, -0.2) is 8.42 Å². The maximum atomic E-state index is 12.3. The van der Waals surface area contributed by atoms with Crippen LogP contribution >= 0.6 is 0 Å². The average Bonchev–Trinajstić information content (AvgIpc) is 2.65. The quantitative estimate of drug-likeness (QED) is 0.646. The van der Waals surface area contributed by atoms with Gasteiger partial charge in [-0.3, -0.25) is 13.9 Å². The number of carbonyl (C=O) groups excluding carboxylic acids is 2. The molecule has 0 unspecified atom stereocenters. The van der Waals surface area contributed by atoms with E-state index < -0.39 is 15.9 Å². The number of hydrogen-bond donors (Lipinski definition) is 2. The van der Waals surface area contributed by atoms with Crippen LogP contribution in [0.25, 0.3) is 0 Å². The van der Waals surface area contributed by atoms with Crippen LogP contribution in [-0.4, -0.2) is 40.1 Å². The lowest BCUT2D eigenvalue weighted by Crippen LogP contribution is -2.31. The summed E-state index contributed by atoms with van der Waals surface area (Å²) >= 11 is 0. The maximum absolute atomic E-state index is 12.3. The van der Waals surface area contributed by atoms with Crippen molar-refractivity contribution in [2.45, 2.75) is 19.8 Å². The SMILES string of the molecule is COc1cccc(N(CCCC(=O)Nc2cccc(C(N)=O)c2C)S(C)(=O)=O)c1. The van der Waals surface area contributed by atoms with Crippen LogP contribution in [0.4, 0.5) is 11.4 Å². The molecular formula is C20H25N3O5S. The lowest BCUT2D eigenvalue weighted by molar-refractivity contribution is -0.116. The molecule has 8 nitrogen and oxygen atoms in total. The fourth-order valence-electron chi connectivity index (χ4n) is 2.89. The summed E-state index contributed by atoms with van der Waals surface area (Å²) in [4.78, 5) is 23.7. The van der Waals surface area contributed by atoms with Crippen LogP contribution < -0.4 is 20.1 Å². The number of sulfonamides is 1. The Bertz CT molecular complexity index is 1000. The Morgan fingerprint density at radius 2 is 1.86 bits per heavy atom. The second-order valence-electron chi connectivity index (χ2n) is 6.53. The van der Waals surface area contributed by atoms with Crippen molar-refractivity contribution in [3.63, 3.8) is 0 Å². The highest BCUT2D eigenvalue weighted by Crippen LogP contribution is 2.24. The third-order valence-corrected chi connectivity index (χ3v) is 5.57. The number of primary amides is 1. The monoisotopic (exact) mass is 419 g/mol. The summed E-state index contributed by atoms with van der Waals surface area (Å²) in [5, 5.41) is 2.74. The number of anilines is 2. The van der Waals surface area contributed by atoms with E-state index in [2.05, 4.69) is 5.32 Å². The molecule has 0 fully saturated rings. The summed E-state index contributed by atoms with van der Waals surface area (Å²) in [5.41, 5.74) is 7.21. The second kappa shape index (κ2) is 9.42. The molecule has 0 atom stereocenters. The topological polar surface area (TPSA) is 119 Å². The van der Waals surface area contributed by atoms with Crippen LogP contribution in [0.3, 0.4) is 0 Å². The Morgan fingerprint density at radius 3 is 2.48 bits per heavy atom. The summed E-state index contributed by atoms with van der Waals surface area (Å²) < 4.78 is 30.8. The van der Waals surface area contributed by atoms with Crippen molar-refractivity contribution in [3.8, 4) is 5.75 Å². The summed E-state index contributed by atoms with van der Waals surface area (Å²) in [5.74, 6) is -0.312. The third-order valence-electron chi connectivity index (χ3n) is 4.38. The van der Waals surface area contributed by atoms with Gasteiger partial charge in [0.2, 0.25) is 21.8 Å². The molecule has 29 heavy (non-hydrogen) atoms. The molecule has 3 N–H and O–H groups in total. The minimum atomic E-state index is -3.53. The molecule has 0 aliphatic heterocycles. The van der Waals surface area contributed by atoms with Crippen LogP contribution in [-0.2, 0) is 14.8 Å². The van der Waals surface area contributed by atoms with Gasteiger partial charge >= 0.3 is 0 Å². The highest BCUT2D eigenvalue weighted by molar-refractivity contribution is 7.92. The van der Waals surface area contributed by atoms with Crippen molar-refractivity contribution in [1.29, 1.82) is 0 Å². The smallest absolute Gasteiger partial charge is 0.249 e. The number of carbonyl (C=O) groups is 2. The van der Waals surface area contributed by atoms with Crippen LogP contribution in [0.15, 0.2) is 42.5 Å². The van der Waals surface area contributed by atoms with Crippen LogP contribution in [0.1, 0.15) is 28.8 Å². The minimum absolute atomic E-state index is 0.107. The molecule has 0 aliphatic carbocycles. The Hall–Kier alpha value is -3.07. The Kier molecular flexibility index (Phi) is 7.22. The fraction of sp³-hybridized carbons (Fsp3) is 0.300. The number of rotatable bonds is 9. The first-order valence-corrected chi connectivity index (χ1v) is 10.8. The zero-order valence-corrected chi connectivity index (χ0v) is 17.5. The zero-order chi connectivity index (χ0) is 21.6. The number of nitrogens with two attached hydrogens (primary N) is 1. The molecule has 9 heteroatoms. The Morgan fingerprint density at radius 1 is 1.17 bits per heavy atom. The van der Waals surface area contributed by atoms with E-state index in [1.165, 1.54) is 11.4 Å². The zero-order valence-electron chi connectivity index (χ0n) is 16.6. The molecular weight excluding hydrogens is 394 g/mol. The lowest BCUT2D eigenvalue weighted by atomic mass is 10.1. The normalized spacial score (nSPS) is 11.0. The first-order chi connectivity index (χ1) is 13.6. The molecule has 2 aromatic rings. The number of ether oxygens (including phenoxy) is 1. The molecule has 0 spiro atoms. The van der Waals surface area contributed by atoms with Gasteiger partial charge in [-0.2, -0.15) is 0 Å². The molecule has 0 bridgehead atoms.